The van der Waals surface area contributed by atoms with E-state index < -0.39 is 0 Å². The lowest BCUT2D eigenvalue weighted by Gasteiger charge is -2.15. The molecule has 0 bridgehead atoms. The summed E-state index contributed by atoms with van der Waals surface area (Å²) in [6.07, 6.45) is 4.53. The van der Waals surface area contributed by atoms with E-state index in [0.717, 1.165) is 29.5 Å². The molecule has 2 rings (SSSR count). The second-order valence-corrected chi connectivity index (χ2v) is 6.07. The van der Waals surface area contributed by atoms with Crippen LogP contribution >= 0.6 is 11.8 Å². The van der Waals surface area contributed by atoms with Crippen LogP contribution < -0.4 is 11.1 Å². The number of rotatable bonds is 6. The molecule has 18 heavy (non-hydrogen) atoms. The molecule has 1 fully saturated rings. The van der Waals surface area contributed by atoms with Gasteiger partial charge in [-0.1, -0.05) is 6.92 Å². The summed E-state index contributed by atoms with van der Waals surface area (Å²) < 4.78 is 0. The van der Waals surface area contributed by atoms with Crippen LogP contribution in [0.1, 0.15) is 37.1 Å². The van der Waals surface area contributed by atoms with Gasteiger partial charge in [0.05, 0.1) is 0 Å². The summed E-state index contributed by atoms with van der Waals surface area (Å²) in [5.41, 5.74) is 6.93. The Bertz CT molecular complexity index is 418. The van der Waals surface area contributed by atoms with Gasteiger partial charge in [-0.25, -0.2) is 9.97 Å². The van der Waals surface area contributed by atoms with Gasteiger partial charge in [-0.15, -0.1) is 0 Å². The van der Waals surface area contributed by atoms with Crippen LogP contribution in [0.3, 0.4) is 0 Å². The summed E-state index contributed by atoms with van der Waals surface area (Å²) in [5, 5.41) is 3.42. The highest BCUT2D eigenvalue weighted by atomic mass is 32.2. The van der Waals surface area contributed by atoms with Gasteiger partial charge in [0, 0.05) is 18.0 Å². The molecular formula is C13H22N4S. The number of hydrogen-bond acceptors (Lipinski definition) is 5. The molecule has 5 heteroatoms. The molecule has 0 amide bonds. The quantitative estimate of drug-likeness (QED) is 0.828. The minimum Gasteiger partial charge on any atom is -0.383 e. The largest absolute Gasteiger partial charge is 0.383 e. The van der Waals surface area contributed by atoms with Gasteiger partial charge in [-0.2, -0.15) is 11.8 Å². The maximum atomic E-state index is 5.96. The van der Waals surface area contributed by atoms with Crippen molar-refractivity contribution in [2.24, 2.45) is 5.92 Å². The Morgan fingerprint density at radius 3 is 2.78 bits per heavy atom. The molecule has 0 saturated heterocycles. The Hall–Kier alpha value is -0.970. The van der Waals surface area contributed by atoms with Crippen LogP contribution in [-0.4, -0.2) is 28.5 Å². The Morgan fingerprint density at radius 1 is 1.44 bits per heavy atom. The average molecular weight is 266 g/mol. The van der Waals surface area contributed by atoms with E-state index in [1.165, 1.54) is 12.8 Å². The zero-order valence-electron chi connectivity index (χ0n) is 11.4. The van der Waals surface area contributed by atoms with Crippen molar-refractivity contribution in [2.45, 2.75) is 32.6 Å². The molecule has 0 aliphatic heterocycles. The van der Waals surface area contributed by atoms with Gasteiger partial charge in [0.25, 0.3) is 0 Å². The highest BCUT2D eigenvalue weighted by molar-refractivity contribution is 7.98. The normalized spacial score (nSPS) is 16.6. The van der Waals surface area contributed by atoms with E-state index in [-0.39, 0.29) is 0 Å². The first-order chi connectivity index (χ1) is 8.61. The number of nitrogens with zero attached hydrogens (tertiary/aromatic N) is 2. The Kier molecular flexibility index (Phi) is 4.32. The van der Waals surface area contributed by atoms with Crippen LogP contribution in [0.5, 0.6) is 0 Å². The Balaban J connectivity index is 2.06. The molecule has 0 radical (unpaired) electrons. The van der Waals surface area contributed by atoms with Crippen molar-refractivity contribution in [1.82, 2.24) is 9.97 Å². The van der Waals surface area contributed by atoms with Crippen molar-refractivity contribution in [3.63, 3.8) is 0 Å². The van der Waals surface area contributed by atoms with E-state index >= 15 is 0 Å². The third-order valence-electron chi connectivity index (χ3n) is 3.21. The number of nitrogen functional groups attached to an aromatic ring is 1. The number of nitrogens with one attached hydrogen (secondary N) is 1. The highest BCUT2D eigenvalue weighted by Crippen LogP contribution is 2.39. The number of hydrogen-bond donors (Lipinski definition) is 2. The Morgan fingerprint density at radius 2 is 2.17 bits per heavy atom. The van der Waals surface area contributed by atoms with Crippen molar-refractivity contribution >= 4 is 23.4 Å². The number of thioether (sulfide) groups is 1. The monoisotopic (exact) mass is 266 g/mol. The number of nitrogens with two attached hydrogens (primary N) is 1. The molecule has 100 valence electrons. The standard InChI is InChI=1S/C13H22N4S/c1-8(7-18-3)6-15-12-9(2)11(14)16-13(17-12)10-4-5-10/h8,10H,4-7H2,1-3H3,(H3,14,15,16,17). The fourth-order valence-electron chi connectivity index (χ4n) is 1.86. The number of anilines is 2. The molecule has 4 nitrogen and oxygen atoms in total. The van der Waals surface area contributed by atoms with Crippen molar-refractivity contribution in [3.05, 3.63) is 11.4 Å². The van der Waals surface area contributed by atoms with E-state index in [4.69, 9.17) is 5.73 Å². The zero-order valence-corrected chi connectivity index (χ0v) is 12.2. The molecule has 1 unspecified atom stereocenters. The fraction of sp³-hybridized carbons (Fsp3) is 0.692. The molecule has 0 spiro atoms. The predicted octanol–water partition coefficient (Wildman–Crippen LogP) is 2.66. The van der Waals surface area contributed by atoms with Crippen LogP contribution in [0, 0.1) is 12.8 Å². The smallest absolute Gasteiger partial charge is 0.136 e. The minimum atomic E-state index is 0.539. The maximum absolute atomic E-state index is 5.96. The average Bonchev–Trinajstić information content (AvgIpc) is 3.15. The second-order valence-electron chi connectivity index (χ2n) is 5.16. The first-order valence-electron chi connectivity index (χ1n) is 6.48. The van der Waals surface area contributed by atoms with E-state index in [1.807, 2.05) is 18.7 Å². The lowest BCUT2D eigenvalue weighted by molar-refractivity contribution is 0.698. The Labute approximate surface area is 113 Å². The molecule has 1 saturated carbocycles. The first-order valence-corrected chi connectivity index (χ1v) is 7.88. The first kappa shape index (κ1) is 13.5. The van der Waals surface area contributed by atoms with Gasteiger partial charge in [0.1, 0.15) is 17.5 Å². The summed E-state index contributed by atoms with van der Waals surface area (Å²) in [7, 11) is 0. The van der Waals surface area contributed by atoms with Gasteiger partial charge in [0.2, 0.25) is 0 Å². The molecular weight excluding hydrogens is 244 g/mol. The van der Waals surface area contributed by atoms with Gasteiger partial charge in [-0.3, -0.25) is 0 Å². The summed E-state index contributed by atoms with van der Waals surface area (Å²) in [6.45, 7) is 5.15. The van der Waals surface area contributed by atoms with Crippen LogP contribution in [0.25, 0.3) is 0 Å². The van der Waals surface area contributed by atoms with Gasteiger partial charge in [-0.05, 0) is 37.7 Å². The maximum Gasteiger partial charge on any atom is 0.136 e. The molecule has 1 aromatic rings. The zero-order chi connectivity index (χ0) is 13.1. The number of aromatic nitrogens is 2. The fourth-order valence-corrected chi connectivity index (χ4v) is 2.55. The van der Waals surface area contributed by atoms with E-state index in [0.29, 0.717) is 17.7 Å². The molecule has 1 aromatic heterocycles. The summed E-state index contributed by atoms with van der Waals surface area (Å²) in [6, 6.07) is 0. The van der Waals surface area contributed by atoms with Crippen LogP contribution in [0.4, 0.5) is 11.6 Å². The summed E-state index contributed by atoms with van der Waals surface area (Å²) in [4.78, 5) is 9.00. The van der Waals surface area contributed by atoms with Crippen LogP contribution in [-0.2, 0) is 0 Å². The van der Waals surface area contributed by atoms with E-state index in [2.05, 4.69) is 28.5 Å². The predicted molar refractivity (Wildman–Crippen MR) is 79.2 cm³/mol. The molecule has 0 aromatic carbocycles. The third kappa shape index (κ3) is 3.28. The molecule has 1 aliphatic carbocycles. The molecule has 1 aliphatic rings. The molecule has 1 atom stereocenters. The van der Waals surface area contributed by atoms with E-state index in [9.17, 15) is 0 Å². The van der Waals surface area contributed by atoms with Crippen LogP contribution in [0.2, 0.25) is 0 Å². The molecule has 3 N–H and O–H groups in total. The lowest BCUT2D eigenvalue weighted by Crippen LogP contribution is -2.16. The SMILES string of the molecule is CSCC(C)CNc1nc(C2CC2)nc(N)c1C. The van der Waals surface area contributed by atoms with Gasteiger partial charge >= 0.3 is 0 Å². The van der Waals surface area contributed by atoms with Crippen molar-refractivity contribution in [2.75, 3.05) is 29.6 Å². The van der Waals surface area contributed by atoms with Gasteiger partial charge in [0.15, 0.2) is 0 Å². The summed E-state index contributed by atoms with van der Waals surface area (Å²) in [5.74, 6) is 4.77. The summed E-state index contributed by atoms with van der Waals surface area (Å²) >= 11 is 1.87. The third-order valence-corrected chi connectivity index (χ3v) is 4.11. The topological polar surface area (TPSA) is 63.8 Å². The molecule has 1 heterocycles. The van der Waals surface area contributed by atoms with Crippen molar-refractivity contribution < 1.29 is 0 Å². The second kappa shape index (κ2) is 5.78. The lowest BCUT2D eigenvalue weighted by atomic mass is 10.2. The van der Waals surface area contributed by atoms with Gasteiger partial charge < -0.3 is 11.1 Å². The van der Waals surface area contributed by atoms with E-state index in [1.54, 1.807) is 0 Å². The van der Waals surface area contributed by atoms with Crippen molar-refractivity contribution in [1.29, 1.82) is 0 Å². The van der Waals surface area contributed by atoms with Crippen molar-refractivity contribution in [3.8, 4) is 0 Å². The minimum absolute atomic E-state index is 0.539. The van der Waals surface area contributed by atoms with Crippen LogP contribution in [0.15, 0.2) is 0 Å². The highest BCUT2D eigenvalue weighted by Gasteiger charge is 2.27.